The number of benzene rings is 3. The molecule has 39 heavy (non-hydrogen) atoms. The van der Waals surface area contributed by atoms with Gasteiger partial charge < -0.3 is 9.32 Å². The molecule has 3 aromatic carbocycles. The Morgan fingerprint density at radius 1 is 0.974 bits per heavy atom. The molecular weight excluding hydrogens is 556 g/mol. The van der Waals surface area contributed by atoms with E-state index in [9.17, 15) is 14.4 Å². The first-order valence-electron chi connectivity index (χ1n) is 11.9. The molecule has 5 aromatic rings. The molecule has 0 N–H and O–H groups in total. The van der Waals surface area contributed by atoms with Crippen LogP contribution in [0.3, 0.4) is 0 Å². The maximum absolute atomic E-state index is 14.2. The average Bonchev–Trinajstić information content (AvgIpc) is 3.58. The lowest BCUT2D eigenvalue weighted by atomic mass is 9.84. The molecule has 0 saturated carbocycles. The molecule has 2 aliphatic rings. The lowest BCUT2D eigenvalue weighted by Gasteiger charge is -2.31. The van der Waals surface area contributed by atoms with Crippen molar-refractivity contribution in [1.29, 1.82) is 0 Å². The van der Waals surface area contributed by atoms with Crippen molar-refractivity contribution in [2.45, 2.75) is 15.6 Å². The van der Waals surface area contributed by atoms with Gasteiger partial charge in [0.25, 0.3) is 11.8 Å². The van der Waals surface area contributed by atoms with Crippen molar-refractivity contribution in [3.05, 3.63) is 110 Å². The molecule has 2 amide bonds. The van der Waals surface area contributed by atoms with Crippen LogP contribution < -0.4 is 15.2 Å². The van der Waals surface area contributed by atoms with Gasteiger partial charge in [-0.05, 0) is 29.8 Å². The second kappa shape index (κ2) is 8.77. The summed E-state index contributed by atoms with van der Waals surface area (Å²) in [6.45, 7) is 0. The van der Waals surface area contributed by atoms with Crippen LogP contribution in [0, 0.1) is 0 Å². The van der Waals surface area contributed by atoms with Crippen molar-refractivity contribution in [3.8, 4) is 0 Å². The van der Waals surface area contributed by atoms with Gasteiger partial charge in [-0.3, -0.25) is 19.3 Å². The van der Waals surface area contributed by atoms with Gasteiger partial charge in [-0.2, -0.15) is 0 Å². The molecule has 1 unspecified atom stereocenters. The number of halogens is 1. The number of carbonyl (C=O) groups is 2. The summed E-state index contributed by atoms with van der Waals surface area (Å²) in [6, 6.07) is 21.4. The summed E-state index contributed by atoms with van der Waals surface area (Å²) >= 11 is 8.89. The van der Waals surface area contributed by atoms with Crippen molar-refractivity contribution in [2.75, 3.05) is 16.8 Å². The average molecular weight is 573 g/mol. The zero-order valence-corrected chi connectivity index (χ0v) is 22.6. The number of rotatable bonds is 4. The van der Waals surface area contributed by atoms with Crippen LogP contribution in [-0.2, 0) is 16.1 Å². The van der Waals surface area contributed by atoms with Gasteiger partial charge in [0.15, 0.2) is 15.3 Å². The Bertz CT molecular complexity index is 1900. The third-order valence-electron chi connectivity index (χ3n) is 7.06. The number of para-hydroxylation sites is 2. The van der Waals surface area contributed by atoms with E-state index in [2.05, 4.69) is 10.2 Å². The van der Waals surface area contributed by atoms with Crippen molar-refractivity contribution in [1.82, 2.24) is 10.2 Å². The quantitative estimate of drug-likeness (QED) is 0.208. The second-order valence-electron chi connectivity index (χ2n) is 9.09. The summed E-state index contributed by atoms with van der Waals surface area (Å²) < 4.78 is 6.62. The zero-order valence-electron chi connectivity index (χ0n) is 20.3. The number of aromatic nitrogens is 2. The third-order valence-corrected chi connectivity index (χ3v) is 9.52. The Balaban J connectivity index is 1.42. The number of hydrogen-bond acceptors (Lipinski definition) is 8. The summed E-state index contributed by atoms with van der Waals surface area (Å²) in [5, 5.41) is 9.74. The Hall–Kier alpha value is -3.99. The normalized spacial score (nSPS) is 17.9. The van der Waals surface area contributed by atoms with E-state index in [1.54, 1.807) is 55.6 Å². The number of hydrogen-bond donors (Lipinski definition) is 0. The Labute approximate surface area is 234 Å². The molecule has 192 valence electrons. The molecule has 1 spiro atoms. The van der Waals surface area contributed by atoms with Crippen LogP contribution in [0.15, 0.2) is 86.3 Å². The monoisotopic (exact) mass is 572 g/mol. The zero-order chi connectivity index (χ0) is 26.9. The van der Waals surface area contributed by atoms with Crippen molar-refractivity contribution in [3.63, 3.8) is 0 Å². The maximum atomic E-state index is 14.2. The number of thioether (sulfide) groups is 1. The molecule has 0 fully saturated rings. The van der Waals surface area contributed by atoms with E-state index in [0.717, 1.165) is 5.56 Å². The summed E-state index contributed by atoms with van der Waals surface area (Å²) in [7, 11) is 1.63. The molecule has 0 aliphatic carbocycles. The minimum absolute atomic E-state index is 0.00605. The van der Waals surface area contributed by atoms with Gasteiger partial charge in [-0.15, -0.1) is 10.2 Å². The highest BCUT2D eigenvalue weighted by molar-refractivity contribution is 8.00. The minimum atomic E-state index is -1.77. The molecule has 7 rings (SSSR count). The van der Waals surface area contributed by atoms with Gasteiger partial charge in [0.2, 0.25) is 10.9 Å². The highest BCUT2D eigenvalue weighted by atomic mass is 35.5. The molecular formula is C28H17ClN4O4S2. The van der Waals surface area contributed by atoms with Gasteiger partial charge >= 0.3 is 0 Å². The fraction of sp³-hybridized carbons (Fsp3) is 0.107. The number of nitrogens with zero attached hydrogens (tertiary/aromatic N) is 4. The molecule has 8 nitrogen and oxygen atoms in total. The van der Waals surface area contributed by atoms with E-state index in [1.165, 1.54) is 32.9 Å². The van der Waals surface area contributed by atoms with E-state index >= 15 is 0 Å². The first-order chi connectivity index (χ1) is 18.9. The number of carbonyl (C=O) groups excluding carboxylic acids is 2. The van der Waals surface area contributed by atoms with Crippen molar-refractivity contribution in [2.24, 2.45) is 0 Å². The molecule has 0 saturated heterocycles. The van der Waals surface area contributed by atoms with Gasteiger partial charge in [0, 0.05) is 29.1 Å². The first kappa shape index (κ1) is 24.1. The van der Waals surface area contributed by atoms with Gasteiger partial charge in [-0.25, -0.2) is 0 Å². The molecule has 4 heterocycles. The molecule has 2 aliphatic heterocycles. The van der Waals surface area contributed by atoms with E-state index in [1.807, 2.05) is 24.3 Å². The van der Waals surface area contributed by atoms with Crippen molar-refractivity contribution >= 4 is 68.3 Å². The smallest absolute Gasteiger partial charge is 0.297 e. The van der Waals surface area contributed by atoms with E-state index < -0.39 is 22.8 Å². The van der Waals surface area contributed by atoms with Crippen LogP contribution in [0.2, 0.25) is 5.02 Å². The third kappa shape index (κ3) is 3.28. The number of anilines is 2. The fourth-order valence-corrected chi connectivity index (χ4v) is 7.50. The lowest BCUT2D eigenvalue weighted by Crippen LogP contribution is -2.53. The molecule has 2 aromatic heterocycles. The van der Waals surface area contributed by atoms with Crippen LogP contribution >= 0.6 is 34.7 Å². The predicted molar refractivity (Wildman–Crippen MR) is 151 cm³/mol. The van der Waals surface area contributed by atoms with Gasteiger partial charge in [-0.1, -0.05) is 83.2 Å². The van der Waals surface area contributed by atoms with Crippen LogP contribution in [0.25, 0.3) is 11.0 Å². The standard InChI is InChI=1S/C28H17ClN4O4S2/c1-32-19-12-6-4-10-17(19)28(25(32)36)21-22(34)16-9-3-7-13-20(16)37-23(21)24(35)33(28)26-30-31-27(39-26)38-14-15-8-2-5-11-18(15)29/h2-13H,14H2,1H3. The maximum Gasteiger partial charge on any atom is 0.297 e. The van der Waals surface area contributed by atoms with Crippen LogP contribution in [0.4, 0.5) is 10.8 Å². The van der Waals surface area contributed by atoms with E-state index in [-0.39, 0.29) is 22.0 Å². The summed E-state index contributed by atoms with van der Waals surface area (Å²) in [4.78, 5) is 45.0. The van der Waals surface area contributed by atoms with Crippen LogP contribution in [0.1, 0.15) is 27.2 Å². The SMILES string of the molecule is CN1C(=O)C2(c3ccccc31)c1c(oc3ccccc3c1=O)C(=O)N2c1nnc(SCc2ccccc2Cl)s1. The molecule has 1 atom stereocenters. The Morgan fingerprint density at radius 3 is 2.56 bits per heavy atom. The van der Waals surface area contributed by atoms with E-state index in [4.69, 9.17) is 16.0 Å². The van der Waals surface area contributed by atoms with Gasteiger partial charge in [0.05, 0.1) is 10.9 Å². The second-order valence-corrected chi connectivity index (χ2v) is 11.7. The highest BCUT2D eigenvalue weighted by Crippen LogP contribution is 2.54. The van der Waals surface area contributed by atoms with Crippen LogP contribution in [0.5, 0.6) is 0 Å². The predicted octanol–water partition coefficient (Wildman–Crippen LogP) is 5.47. The molecule has 0 bridgehead atoms. The van der Waals surface area contributed by atoms with E-state index in [0.29, 0.717) is 31.8 Å². The summed E-state index contributed by atoms with van der Waals surface area (Å²) in [6.07, 6.45) is 0. The lowest BCUT2D eigenvalue weighted by molar-refractivity contribution is -0.121. The summed E-state index contributed by atoms with van der Waals surface area (Å²) in [5.74, 6) is -0.689. The van der Waals surface area contributed by atoms with Crippen molar-refractivity contribution < 1.29 is 14.0 Å². The number of amides is 2. The highest BCUT2D eigenvalue weighted by Gasteiger charge is 2.66. The summed E-state index contributed by atoms with van der Waals surface area (Å²) in [5.41, 5.74) is 0.0997. The number of fused-ring (bicyclic) bond motifs is 5. The van der Waals surface area contributed by atoms with Crippen LogP contribution in [-0.4, -0.2) is 29.1 Å². The Morgan fingerprint density at radius 2 is 1.72 bits per heavy atom. The first-order valence-corrected chi connectivity index (χ1v) is 14.1. The largest absolute Gasteiger partial charge is 0.450 e. The molecule has 11 heteroatoms. The fourth-order valence-electron chi connectivity index (χ4n) is 5.32. The number of likely N-dealkylation sites (N-methyl/N-ethyl adjacent to an activating group) is 1. The minimum Gasteiger partial charge on any atom is -0.450 e. The molecule has 0 radical (unpaired) electrons. The Kier molecular flexibility index (Phi) is 5.41. The topological polar surface area (TPSA) is 96.6 Å². The van der Waals surface area contributed by atoms with Gasteiger partial charge in [0.1, 0.15) is 5.58 Å².